The van der Waals surface area contributed by atoms with Crippen LogP contribution in [-0.4, -0.2) is 23.6 Å². The monoisotopic (exact) mass is 285 g/mol. The molecule has 0 radical (unpaired) electrons. The molecule has 4 heteroatoms. The molecule has 0 aliphatic heterocycles. The predicted octanol–water partition coefficient (Wildman–Crippen LogP) is 3.76. The first-order valence-corrected chi connectivity index (χ1v) is 7.36. The van der Waals surface area contributed by atoms with Crippen molar-refractivity contribution in [1.82, 2.24) is 9.97 Å². The van der Waals surface area contributed by atoms with Crippen LogP contribution in [0.1, 0.15) is 30.8 Å². The van der Waals surface area contributed by atoms with Crippen molar-refractivity contribution < 1.29 is 4.74 Å². The number of nitrogens with zero attached hydrogens (tertiary/aromatic N) is 2. The van der Waals surface area contributed by atoms with Gasteiger partial charge in [0, 0.05) is 24.6 Å². The van der Waals surface area contributed by atoms with Crippen LogP contribution in [0, 0.1) is 13.8 Å². The summed E-state index contributed by atoms with van der Waals surface area (Å²) >= 11 is 0. The molecule has 0 aliphatic rings. The van der Waals surface area contributed by atoms with Crippen LogP contribution in [-0.2, 0) is 6.42 Å². The van der Waals surface area contributed by atoms with E-state index in [0.717, 1.165) is 52.7 Å². The minimum absolute atomic E-state index is 0.820. The van der Waals surface area contributed by atoms with Crippen molar-refractivity contribution in [3.8, 4) is 17.0 Å². The van der Waals surface area contributed by atoms with Crippen molar-refractivity contribution in [1.29, 1.82) is 0 Å². The highest BCUT2D eigenvalue weighted by Gasteiger charge is 2.11. The Bertz CT molecular complexity index is 638. The lowest BCUT2D eigenvalue weighted by atomic mass is 10.0. The van der Waals surface area contributed by atoms with Gasteiger partial charge in [-0.1, -0.05) is 6.92 Å². The smallest absolute Gasteiger partial charge is 0.131 e. The average Bonchev–Trinajstić information content (AvgIpc) is 2.49. The first-order valence-electron chi connectivity index (χ1n) is 7.36. The minimum Gasteiger partial charge on any atom is -0.496 e. The third-order valence-electron chi connectivity index (χ3n) is 3.46. The molecule has 1 aromatic carbocycles. The molecule has 0 saturated carbocycles. The zero-order chi connectivity index (χ0) is 15.4. The molecule has 4 nitrogen and oxygen atoms in total. The minimum atomic E-state index is 0.820. The molecule has 1 heterocycles. The first-order chi connectivity index (χ1) is 10.1. The Kier molecular flexibility index (Phi) is 4.78. The van der Waals surface area contributed by atoms with Crippen LogP contribution in [0.4, 0.5) is 5.82 Å². The second kappa shape index (κ2) is 6.57. The van der Waals surface area contributed by atoms with Gasteiger partial charge in [0.1, 0.15) is 17.4 Å². The van der Waals surface area contributed by atoms with Crippen molar-refractivity contribution in [2.75, 3.05) is 19.0 Å². The van der Waals surface area contributed by atoms with E-state index in [1.165, 1.54) is 0 Å². The van der Waals surface area contributed by atoms with E-state index in [9.17, 15) is 0 Å². The number of rotatable bonds is 5. The summed E-state index contributed by atoms with van der Waals surface area (Å²) in [6.45, 7) is 9.12. The highest BCUT2D eigenvalue weighted by Crippen LogP contribution is 2.30. The summed E-state index contributed by atoms with van der Waals surface area (Å²) in [5.74, 6) is 2.65. The highest BCUT2D eigenvalue weighted by atomic mass is 16.5. The molecule has 1 aromatic heterocycles. The maximum Gasteiger partial charge on any atom is 0.131 e. The summed E-state index contributed by atoms with van der Waals surface area (Å²) in [5, 5.41) is 3.27. The van der Waals surface area contributed by atoms with Crippen molar-refractivity contribution in [3.63, 3.8) is 0 Å². The van der Waals surface area contributed by atoms with Gasteiger partial charge in [-0.15, -0.1) is 0 Å². The Morgan fingerprint density at radius 1 is 1.05 bits per heavy atom. The molecule has 0 bridgehead atoms. The van der Waals surface area contributed by atoms with Crippen molar-refractivity contribution in [2.24, 2.45) is 0 Å². The fourth-order valence-electron chi connectivity index (χ4n) is 2.35. The number of hydrogen-bond donors (Lipinski definition) is 1. The summed E-state index contributed by atoms with van der Waals surface area (Å²) in [6, 6.07) is 6.20. The second-order valence-electron chi connectivity index (χ2n) is 5.08. The summed E-state index contributed by atoms with van der Waals surface area (Å²) in [4.78, 5) is 9.18. The Morgan fingerprint density at radius 2 is 1.81 bits per heavy atom. The van der Waals surface area contributed by atoms with Crippen LogP contribution in [0.25, 0.3) is 11.3 Å². The normalized spacial score (nSPS) is 10.5. The maximum absolute atomic E-state index is 5.38. The number of anilines is 1. The average molecular weight is 285 g/mol. The second-order valence-corrected chi connectivity index (χ2v) is 5.08. The van der Waals surface area contributed by atoms with Crippen LogP contribution in [0.5, 0.6) is 5.75 Å². The fraction of sp³-hybridized carbons (Fsp3) is 0.412. The van der Waals surface area contributed by atoms with Crippen LogP contribution in [0.15, 0.2) is 18.2 Å². The van der Waals surface area contributed by atoms with E-state index < -0.39 is 0 Å². The summed E-state index contributed by atoms with van der Waals surface area (Å²) in [7, 11) is 1.70. The summed E-state index contributed by atoms with van der Waals surface area (Å²) in [6.07, 6.45) is 0.820. The third kappa shape index (κ3) is 3.32. The topological polar surface area (TPSA) is 47.0 Å². The highest BCUT2D eigenvalue weighted by molar-refractivity contribution is 5.68. The van der Waals surface area contributed by atoms with Crippen LogP contribution in [0.2, 0.25) is 0 Å². The van der Waals surface area contributed by atoms with Gasteiger partial charge in [0.15, 0.2) is 0 Å². The van der Waals surface area contributed by atoms with E-state index in [-0.39, 0.29) is 0 Å². The molecule has 2 aromatic rings. The van der Waals surface area contributed by atoms with Gasteiger partial charge in [-0.2, -0.15) is 0 Å². The van der Waals surface area contributed by atoms with Gasteiger partial charge < -0.3 is 10.1 Å². The molecule has 0 saturated heterocycles. The number of methoxy groups -OCH3 is 1. The number of nitrogens with one attached hydrogen (secondary N) is 1. The lowest BCUT2D eigenvalue weighted by molar-refractivity contribution is 0.411. The van der Waals surface area contributed by atoms with E-state index in [0.29, 0.717) is 0 Å². The zero-order valence-corrected chi connectivity index (χ0v) is 13.4. The van der Waals surface area contributed by atoms with Crippen molar-refractivity contribution >= 4 is 5.82 Å². The fourth-order valence-corrected chi connectivity index (χ4v) is 2.35. The molecule has 112 valence electrons. The molecule has 0 unspecified atom stereocenters. The van der Waals surface area contributed by atoms with Gasteiger partial charge in [0.2, 0.25) is 0 Å². The standard InChI is InChI=1S/C17H23N3O/c1-6-16-19-14(10-17(20-16)18-7-2)13-8-12(4)15(21-5)9-11(13)3/h8-10H,6-7H2,1-5H3,(H,18,19,20). The van der Waals surface area contributed by atoms with E-state index in [1.807, 2.05) is 6.07 Å². The number of aromatic nitrogens is 2. The van der Waals surface area contributed by atoms with E-state index in [2.05, 4.69) is 55.1 Å². The molecule has 0 aliphatic carbocycles. The number of benzene rings is 1. The largest absolute Gasteiger partial charge is 0.496 e. The van der Waals surface area contributed by atoms with E-state index >= 15 is 0 Å². The number of hydrogen-bond acceptors (Lipinski definition) is 4. The predicted molar refractivity (Wildman–Crippen MR) is 87.0 cm³/mol. The third-order valence-corrected chi connectivity index (χ3v) is 3.46. The van der Waals surface area contributed by atoms with Crippen molar-refractivity contribution in [3.05, 3.63) is 35.2 Å². The van der Waals surface area contributed by atoms with E-state index in [4.69, 9.17) is 4.74 Å². The molecular formula is C17H23N3O. The molecule has 2 rings (SSSR count). The quantitative estimate of drug-likeness (QED) is 0.908. The van der Waals surface area contributed by atoms with Gasteiger partial charge in [0.05, 0.1) is 12.8 Å². The van der Waals surface area contributed by atoms with Crippen molar-refractivity contribution in [2.45, 2.75) is 34.1 Å². The maximum atomic E-state index is 5.38. The SMILES string of the molecule is CCNc1cc(-c2cc(C)c(OC)cc2C)nc(CC)n1. The summed E-state index contributed by atoms with van der Waals surface area (Å²) < 4.78 is 5.38. The molecule has 0 spiro atoms. The Morgan fingerprint density at radius 3 is 2.43 bits per heavy atom. The Balaban J connectivity index is 2.55. The molecular weight excluding hydrogens is 262 g/mol. The summed E-state index contributed by atoms with van der Waals surface area (Å²) in [5.41, 5.74) is 4.35. The van der Waals surface area contributed by atoms with Gasteiger partial charge in [0.25, 0.3) is 0 Å². The molecule has 0 amide bonds. The van der Waals surface area contributed by atoms with Crippen LogP contribution in [0.3, 0.4) is 0 Å². The molecule has 1 N–H and O–H groups in total. The Hall–Kier alpha value is -2.10. The van der Waals surface area contributed by atoms with E-state index in [1.54, 1.807) is 7.11 Å². The number of ether oxygens (including phenoxy) is 1. The van der Waals surface area contributed by atoms with Gasteiger partial charge in [-0.05, 0) is 44.0 Å². The molecule has 21 heavy (non-hydrogen) atoms. The Labute approximate surface area is 126 Å². The van der Waals surface area contributed by atoms with Gasteiger partial charge in [-0.25, -0.2) is 9.97 Å². The molecule has 0 atom stereocenters. The lowest BCUT2D eigenvalue weighted by Gasteiger charge is -2.13. The number of aryl methyl sites for hydroxylation is 3. The zero-order valence-electron chi connectivity index (χ0n) is 13.4. The first kappa shape index (κ1) is 15.3. The van der Waals surface area contributed by atoms with Gasteiger partial charge >= 0.3 is 0 Å². The van der Waals surface area contributed by atoms with Gasteiger partial charge in [-0.3, -0.25) is 0 Å². The van der Waals surface area contributed by atoms with Crippen LogP contribution >= 0.6 is 0 Å². The molecule has 0 fully saturated rings. The lowest BCUT2D eigenvalue weighted by Crippen LogP contribution is -2.04. The van der Waals surface area contributed by atoms with Crippen LogP contribution < -0.4 is 10.1 Å².